The summed E-state index contributed by atoms with van der Waals surface area (Å²) in [4.78, 5) is 0. The summed E-state index contributed by atoms with van der Waals surface area (Å²) in [5.74, 6) is 0. The second kappa shape index (κ2) is 13.5. The lowest BCUT2D eigenvalue weighted by atomic mass is 10.1. The summed E-state index contributed by atoms with van der Waals surface area (Å²) in [7, 11) is -9.45. The molecular weight excluding hydrogens is 445 g/mol. The molecule has 0 rings (SSSR count). The molecule has 9 heteroatoms. The van der Waals surface area contributed by atoms with E-state index in [1.165, 1.54) is 51.4 Å². The monoisotopic (exact) mass is 496 g/mol. The third kappa shape index (κ3) is 18.2. The van der Waals surface area contributed by atoms with E-state index in [4.69, 9.17) is 16.5 Å². The van der Waals surface area contributed by atoms with Crippen LogP contribution in [0.15, 0.2) is 0 Å². The van der Waals surface area contributed by atoms with Gasteiger partial charge in [-0.3, -0.25) is 0 Å². The van der Waals surface area contributed by atoms with Crippen LogP contribution in [0.25, 0.3) is 0 Å². The van der Waals surface area contributed by atoms with Crippen molar-refractivity contribution in [2.45, 2.75) is 130 Å². The molecule has 176 valence electrons. The van der Waals surface area contributed by atoms with Gasteiger partial charge in [0.05, 0.1) is 0 Å². The van der Waals surface area contributed by atoms with Gasteiger partial charge in [0.15, 0.2) is 16.6 Å². The van der Waals surface area contributed by atoms with Gasteiger partial charge in [0.25, 0.3) is 9.28 Å². The lowest BCUT2D eigenvalue weighted by Crippen LogP contribution is -2.56. The first-order valence-electron chi connectivity index (χ1n) is 11.8. The van der Waals surface area contributed by atoms with Crippen LogP contribution in [0, 0.1) is 0 Å². The van der Waals surface area contributed by atoms with Crippen molar-refractivity contribution in [2.75, 3.05) is 0 Å². The van der Waals surface area contributed by atoms with E-state index in [9.17, 15) is 0 Å². The van der Waals surface area contributed by atoms with Gasteiger partial charge >= 0.3 is 17.1 Å². The SMILES string of the molecule is CCCCCCCCCC[Si](C)(O[SiH](C)O[Si](C)(C)C)O[Si](C)(C)O[Si](C)(C)C. The summed E-state index contributed by atoms with van der Waals surface area (Å²) in [5.41, 5.74) is 0. The maximum absolute atomic E-state index is 6.78. The van der Waals surface area contributed by atoms with Crippen molar-refractivity contribution in [3.63, 3.8) is 0 Å². The molecule has 0 aromatic rings. The Hall–Kier alpha value is 0.924. The van der Waals surface area contributed by atoms with Crippen LogP contribution in [0.2, 0.25) is 71.5 Å². The molecule has 0 N–H and O–H groups in total. The molecule has 0 aliphatic heterocycles. The van der Waals surface area contributed by atoms with Crippen LogP contribution in [-0.2, 0) is 16.5 Å². The average Bonchev–Trinajstić information content (AvgIpc) is 2.44. The standard InChI is InChI=1S/C20H52O4Si5/c1-12-13-14-15-16-17-18-19-20-29(11,22-25(2)21-26(3,4)5)24-28(9,10)23-27(6,7)8/h25H,12-20H2,1-11H3. The van der Waals surface area contributed by atoms with Crippen molar-refractivity contribution in [1.29, 1.82) is 0 Å². The van der Waals surface area contributed by atoms with Crippen LogP contribution >= 0.6 is 0 Å². The van der Waals surface area contributed by atoms with E-state index in [1.54, 1.807) is 0 Å². The summed E-state index contributed by atoms with van der Waals surface area (Å²) in [6.45, 7) is 24.6. The van der Waals surface area contributed by atoms with Gasteiger partial charge in [-0.05, 0) is 71.5 Å². The lowest BCUT2D eigenvalue weighted by molar-refractivity contribution is 0.304. The van der Waals surface area contributed by atoms with Gasteiger partial charge in [0.1, 0.15) is 0 Å². The second-order valence-electron chi connectivity index (χ2n) is 11.0. The minimum atomic E-state index is -2.31. The molecule has 0 aromatic heterocycles. The lowest BCUT2D eigenvalue weighted by Gasteiger charge is -2.40. The van der Waals surface area contributed by atoms with Gasteiger partial charge < -0.3 is 16.5 Å². The maximum atomic E-state index is 6.78. The molecule has 0 aliphatic rings. The highest BCUT2D eigenvalue weighted by Gasteiger charge is 2.43. The molecule has 0 aliphatic carbocycles. The maximum Gasteiger partial charge on any atom is 0.317 e. The molecule has 0 bridgehead atoms. The van der Waals surface area contributed by atoms with Gasteiger partial charge in [0, 0.05) is 0 Å². The third-order valence-corrected chi connectivity index (χ3v) is 21.3. The number of unbranched alkanes of at least 4 members (excludes halogenated alkanes) is 7. The Morgan fingerprint density at radius 1 is 0.586 bits per heavy atom. The highest BCUT2D eigenvalue weighted by atomic mass is 28.5. The zero-order valence-corrected chi connectivity index (χ0v) is 26.7. The van der Waals surface area contributed by atoms with E-state index in [-0.39, 0.29) is 0 Å². The molecule has 0 fully saturated rings. The minimum Gasteiger partial charge on any atom is -0.439 e. The van der Waals surface area contributed by atoms with Crippen molar-refractivity contribution < 1.29 is 16.5 Å². The predicted octanol–water partition coefficient (Wildman–Crippen LogP) is 7.49. The highest BCUT2D eigenvalue weighted by Crippen LogP contribution is 2.27. The van der Waals surface area contributed by atoms with Gasteiger partial charge in [-0.1, -0.05) is 58.3 Å². The van der Waals surface area contributed by atoms with Crippen LogP contribution in [0.4, 0.5) is 0 Å². The van der Waals surface area contributed by atoms with Gasteiger partial charge in [-0.25, -0.2) is 0 Å². The third-order valence-electron chi connectivity index (χ3n) is 4.43. The van der Waals surface area contributed by atoms with Crippen molar-refractivity contribution in [3.05, 3.63) is 0 Å². The highest BCUT2D eigenvalue weighted by molar-refractivity contribution is 6.88. The summed E-state index contributed by atoms with van der Waals surface area (Å²) >= 11 is 0. The largest absolute Gasteiger partial charge is 0.439 e. The summed E-state index contributed by atoms with van der Waals surface area (Å²) in [5, 5.41) is 0. The fourth-order valence-electron chi connectivity index (χ4n) is 3.87. The fraction of sp³-hybridized carbons (Fsp3) is 1.00. The Morgan fingerprint density at radius 3 is 1.52 bits per heavy atom. The van der Waals surface area contributed by atoms with E-state index < -0.39 is 43.0 Å². The summed E-state index contributed by atoms with van der Waals surface area (Å²) < 4.78 is 26.3. The zero-order chi connectivity index (χ0) is 22.8. The fourth-order valence-corrected chi connectivity index (χ4v) is 24.3. The van der Waals surface area contributed by atoms with E-state index in [2.05, 4.69) is 72.4 Å². The van der Waals surface area contributed by atoms with Crippen molar-refractivity contribution in [2.24, 2.45) is 0 Å². The van der Waals surface area contributed by atoms with Crippen LogP contribution < -0.4 is 0 Å². The molecule has 2 atom stereocenters. The molecule has 0 saturated carbocycles. The Labute approximate surface area is 189 Å². The van der Waals surface area contributed by atoms with E-state index in [0.29, 0.717) is 0 Å². The van der Waals surface area contributed by atoms with Gasteiger partial charge in [-0.2, -0.15) is 0 Å². The Kier molecular flexibility index (Phi) is 13.9. The average molecular weight is 497 g/mol. The molecule has 0 saturated heterocycles. The molecule has 0 spiro atoms. The summed E-state index contributed by atoms with van der Waals surface area (Å²) in [6.07, 6.45) is 10.6. The van der Waals surface area contributed by atoms with Crippen LogP contribution in [-0.4, -0.2) is 43.0 Å². The second-order valence-corrected chi connectivity index (χ2v) is 29.7. The molecule has 0 aromatic carbocycles. The summed E-state index contributed by atoms with van der Waals surface area (Å²) in [6, 6.07) is 1.06. The van der Waals surface area contributed by atoms with Crippen LogP contribution in [0.3, 0.4) is 0 Å². The van der Waals surface area contributed by atoms with E-state index >= 15 is 0 Å². The first-order chi connectivity index (χ1) is 13.1. The van der Waals surface area contributed by atoms with E-state index in [0.717, 1.165) is 6.04 Å². The zero-order valence-electron chi connectivity index (χ0n) is 21.6. The van der Waals surface area contributed by atoms with Crippen LogP contribution in [0.1, 0.15) is 58.3 Å². The van der Waals surface area contributed by atoms with Crippen LogP contribution in [0.5, 0.6) is 0 Å². The molecule has 2 unspecified atom stereocenters. The molecule has 4 nitrogen and oxygen atoms in total. The molecule has 0 amide bonds. The Bertz CT molecular complexity index is 438. The smallest absolute Gasteiger partial charge is 0.317 e. The van der Waals surface area contributed by atoms with Crippen molar-refractivity contribution >= 4 is 43.0 Å². The molecule has 0 radical (unpaired) electrons. The van der Waals surface area contributed by atoms with Crippen molar-refractivity contribution in [3.8, 4) is 0 Å². The first-order valence-corrected chi connectivity index (χ1v) is 26.1. The quantitative estimate of drug-likeness (QED) is 0.154. The molecule has 0 heterocycles. The Morgan fingerprint density at radius 2 is 1.07 bits per heavy atom. The van der Waals surface area contributed by atoms with Crippen molar-refractivity contribution in [1.82, 2.24) is 0 Å². The topological polar surface area (TPSA) is 36.9 Å². The van der Waals surface area contributed by atoms with E-state index in [1.807, 2.05) is 0 Å². The number of hydrogen-bond acceptors (Lipinski definition) is 4. The van der Waals surface area contributed by atoms with Gasteiger partial charge in [-0.15, -0.1) is 0 Å². The number of hydrogen-bond donors (Lipinski definition) is 0. The molecular formula is C20H52O4Si5. The number of rotatable bonds is 17. The predicted molar refractivity (Wildman–Crippen MR) is 141 cm³/mol. The minimum absolute atomic E-state index is 1.06. The normalized spacial score (nSPS) is 16.7. The van der Waals surface area contributed by atoms with Gasteiger partial charge in [0.2, 0.25) is 0 Å². The Balaban J connectivity index is 4.82. The molecule has 29 heavy (non-hydrogen) atoms. The first kappa shape index (κ1) is 29.9.